The highest BCUT2D eigenvalue weighted by Crippen LogP contribution is 2.57. The predicted molar refractivity (Wildman–Crippen MR) is 159 cm³/mol. The number of amides is 1. The molecule has 0 bridgehead atoms. The van der Waals surface area contributed by atoms with Gasteiger partial charge in [0.15, 0.2) is 0 Å². The van der Waals surface area contributed by atoms with E-state index in [1.54, 1.807) is 11.8 Å². The van der Waals surface area contributed by atoms with E-state index in [0.717, 1.165) is 44.8 Å². The zero-order valence-electron chi connectivity index (χ0n) is 22.5. The summed E-state index contributed by atoms with van der Waals surface area (Å²) in [6.07, 6.45) is 5.27. The lowest BCUT2D eigenvalue weighted by Crippen LogP contribution is -2.52. The molecule has 4 N–H and O–H groups in total. The molecule has 38 heavy (non-hydrogen) atoms. The van der Waals surface area contributed by atoms with Crippen LogP contribution >= 0.6 is 23.5 Å². The fourth-order valence-electron chi connectivity index (χ4n) is 5.66. The average Bonchev–Trinajstić information content (AvgIpc) is 2.93. The molecule has 1 saturated heterocycles. The van der Waals surface area contributed by atoms with Crippen molar-refractivity contribution < 1.29 is 9.90 Å². The topological polar surface area (TPSA) is 76.6 Å². The van der Waals surface area contributed by atoms with Crippen LogP contribution in [0.5, 0.6) is 0 Å². The van der Waals surface area contributed by atoms with Crippen molar-refractivity contribution in [3.63, 3.8) is 0 Å². The maximum atomic E-state index is 13.0. The first-order chi connectivity index (χ1) is 18.5. The number of carbonyl (C=O) groups excluding carboxylic acids is 1. The Labute approximate surface area is 236 Å². The van der Waals surface area contributed by atoms with Gasteiger partial charge in [0.25, 0.3) is 0 Å². The van der Waals surface area contributed by atoms with Crippen molar-refractivity contribution in [3.8, 4) is 0 Å². The molecule has 2 aromatic rings. The Kier molecular flexibility index (Phi) is 9.73. The highest BCUT2D eigenvalue weighted by molar-refractivity contribution is 8.00. The summed E-state index contributed by atoms with van der Waals surface area (Å²) in [5.74, 6) is 0.722. The maximum Gasteiger partial charge on any atom is 0.235 e. The molecule has 2 fully saturated rings. The quantitative estimate of drug-likeness (QED) is 0.314. The number of thioether (sulfide) groups is 2. The summed E-state index contributed by atoms with van der Waals surface area (Å²) in [7, 11) is 0. The van der Waals surface area contributed by atoms with E-state index in [1.165, 1.54) is 40.8 Å². The summed E-state index contributed by atoms with van der Waals surface area (Å²) in [6, 6.07) is 17.4. The second-order valence-electron chi connectivity index (χ2n) is 10.9. The molecular formula is C30H42N4O2S2. The summed E-state index contributed by atoms with van der Waals surface area (Å²) in [4.78, 5) is 16.6. The van der Waals surface area contributed by atoms with Crippen LogP contribution in [-0.2, 0) is 17.0 Å². The van der Waals surface area contributed by atoms with Gasteiger partial charge in [-0.05, 0) is 48.4 Å². The zero-order valence-corrected chi connectivity index (χ0v) is 24.1. The number of aliphatic hydroxyl groups is 1. The van der Waals surface area contributed by atoms with Gasteiger partial charge in [0, 0.05) is 54.2 Å². The van der Waals surface area contributed by atoms with Crippen molar-refractivity contribution in [1.29, 1.82) is 0 Å². The molecule has 1 aliphatic carbocycles. The predicted octanol–water partition coefficient (Wildman–Crippen LogP) is 3.94. The Morgan fingerprint density at radius 3 is 2.68 bits per heavy atom. The molecule has 1 saturated carbocycles. The maximum absolute atomic E-state index is 13.0. The molecule has 8 heteroatoms. The molecule has 2 aliphatic heterocycles. The van der Waals surface area contributed by atoms with Crippen LogP contribution < -0.4 is 16.0 Å². The normalized spacial score (nSPS) is 22.3. The highest BCUT2D eigenvalue weighted by atomic mass is 32.2. The van der Waals surface area contributed by atoms with E-state index in [4.69, 9.17) is 0 Å². The zero-order chi connectivity index (χ0) is 26.4. The van der Waals surface area contributed by atoms with E-state index in [0.29, 0.717) is 17.8 Å². The van der Waals surface area contributed by atoms with Gasteiger partial charge in [0.2, 0.25) is 5.91 Å². The van der Waals surface area contributed by atoms with E-state index < -0.39 is 6.10 Å². The fourth-order valence-corrected chi connectivity index (χ4v) is 8.42. The molecule has 2 aromatic carbocycles. The van der Waals surface area contributed by atoms with E-state index >= 15 is 0 Å². The number of hydrogen-bond acceptors (Lipinski definition) is 7. The summed E-state index contributed by atoms with van der Waals surface area (Å²) in [6.45, 7) is 6.60. The van der Waals surface area contributed by atoms with Gasteiger partial charge in [-0.25, -0.2) is 0 Å². The van der Waals surface area contributed by atoms with E-state index in [1.807, 2.05) is 18.2 Å². The minimum atomic E-state index is -0.694. The third-order valence-electron chi connectivity index (χ3n) is 8.10. The smallest absolute Gasteiger partial charge is 0.235 e. The number of benzene rings is 2. The molecule has 0 unspecified atom stereocenters. The van der Waals surface area contributed by atoms with Crippen molar-refractivity contribution in [3.05, 3.63) is 65.2 Å². The van der Waals surface area contributed by atoms with Crippen molar-refractivity contribution in [1.82, 2.24) is 20.9 Å². The summed E-state index contributed by atoms with van der Waals surface area (Å²) in [5.41, 5.74) is 3.92. The van der Waals surface area contributed by atoms with Crippen molar-refractivity contribution >= 4 is 29.4 Å². The summed E-state index contributed by atoms with van der Waals surface area (Å²) >= 11 is 3.68. The van der Waals surface area contributed by atoms with Gasteiger partial charge in [-0.1, -0.05) is 55.8 Å². The first-order valence-electron chi connectivity index (χ1n) is 14.1. The Bertz CT molecular complexity index is 1060. The first kappa shape index (κ1) is 28.0. The minimum Gasteiger partial charge on any atom is -0.389 e. The molecule has 6 nitrogen and oxygen atoms in total. The highest BCUT2D eigenvalue weighted by Gasteiger charge is 2.44. The SMILES string of the molecule is CCc1ccc2c(c1)[C@@H](NC[C@@H](O)[C@@H](NC(=O)CN1CCNCC1)SCc1ccccc1)CC1(CCC1)S2. The van der Waals surface area contributed by atoms with Crippen molar-refractivity contribution in [2.24, 2.45) is 0 Å². The van der Waals surface area contributed by atoms with Crippen LogP contribution in [-0.4, -0.2) is 71.4 Å². The van der Waals surface area contributed by atoms with Gasteiger partial charge < -0.3 is 21.1 Å². The Hall–Kier alpha value is -1.55. The molecule has 1 spiro atoms. The molecule has 3 atom stereocenters. The Morgan fingerprint density at radius 2 is 1.97 bits per heavy atom. The van der Waals surface area contributed by atoms with Gasteiger partial charge in [0.1, 0.15) is 5.37 Å². The molecule has 5 rings (SSSR count). The van der Waals surface area contributed by atoms with Crippen LogP contribution in [0.1, 0.15) is 55.3 Å². The van der Waals surface area contributed by atoms with Gasteiger partial charge in [0.05, 0.1) is 12.6 Å². The van der Waals surface area contributed by atoms with E-state index in [9.17, 15) is 9.90 Å². The van der Waals surface area contributed by atoms with Crippen LogP contribution in [0.3, 0.4) is 0 Å². The molecule has 2 heterocycles. The first-order valence-corrected chi connectivity index (χ1v) is 16.0. The molecule has 1 amide bonds. The van der Waals surface area contributed by atoms with Crippen LogP contribution in [0.25, 0.3) is 0 Å². The molecule has 3 aliphatic rings. The molecule has 206 valence electrons. The summed E-state index contributed by atoms with van der Waals surface area (Å²) in [5, 5.41) is 21.3. The van der Waals surface area contributed by atoms with Gasteiger partial charge in [-0.3, -0.25) is 9.69 Å². The standard InChI is InChI=1S/C30H42N4O2S2/c1-2-22-9-10-27-24(17-22)25(18-30(38-27)11-6-12-30)32-19-26(35)29(37-21-23-7-4-3-5-8-23)33-28(36)20-34-15-13-31-14-16-34/h3-5,7-10,17,25-26,29,31-32,35H,2,6,11-16,18-21H2,1H3,(H,33,36)/t25-,26+,29-/m0/s1. The number of hydrogen-bond donors (Lipinski definition) is 4. The number of nitrogens with one attached hydrogen (secondary N) is 3. The van der Waals surface area contributed by atoms with Crippen LogP contribution in [0.2, 0.25) is 0 Å². The third kappa shape index (κ3) is 7.14. The number of rotatable bonds is 11. The van der Waals surface area contributed by atoms with Gasteiger partial charge in [-0.2, -0.15) is 0 Å². The lowest BCUT2D eigenvalue weighted by molar-refractivity contribution is -0.123. The van der Waals surface area contributed by atoms with Crippen LogP contribution in [0.15, 0.2) is 53.4 Å². The van der Waals surface area contributed by atoms with Gasteiger partial charge >= 0.3 is 0 Å². The van der Waals surface area contributed by atoms with Gasteiger partial charge in [-0.15, -0.1) is 23.5 Å². The number of nitrogens with zero attached hydrogens (tertiary/aromatic N) is 1. The number of piperazine rings is 1. The van der Waals surface area contributed by atoms with E-state index in [2.05, 4.69) is 69.9 Å². The molecule has 0 radical (unpaired) electrons. The second kappa shape index (κ2) is 13.2. The largest absolute Gasteiger partial charge is 0.389 e. The van der Waals surface area contributed by atoms with E-state index in [-0.39, 0.29) is 17.3 Å². The van der Waals surface area contributed by atoms with Crippen LogP contribution in [0.4, 0.5) is 0 Å². The molecular weight excluding hydrogens is 512 g/mol. The lowest BCUT2D eigenvalue weighted by atomic mass is 9.77. The summed E-state index contributed by atoms with van der Waals surface area (Å²) < 4.78 is 0.336. The number of carbonyl (C=O) groups is 1. The number of aliphatic hydroxyl groups excluding tert-OH is 1. The number of aryl methyl sites for hydroxylation is 1. The minimum absolute atomic E-state index is 0.0167. The average molecular weight is 555 g/mol. The number of fused-ring (bicyclic) bond motifs is 1. The fraction of sp³-hybridized carbons (Fsp3) is 0.567. The third-order valence-corrected chi connectivity index (χ3v) is 11.0. The van der Waals surface area contributed by atoms with Crippen LogP contribution in [0, 0.1) is 0 Å². The Balaban J connectivity index is 1.25. The molecule has 0 aromatic heterocycles. The monoisotopic (exact) mass is 554 g/mol. The second-order valence-corrected chi connectivity index (χ2v) is 13.5. The Morgan fingerprint density at radius 1 is 1.18 bits per heavy atom. The van der Waals surface area contributed by atoms with Crippen molar-refractivity contribution in [2.45, 2.75) is 71.9 Å². The lowest BCUT2D eigenvalue weighted by Gasteiger charge is -2.48. The van der Waals surface area contributed by atoms with Crippen molar-refractivity contribution in [2.75, 3.05) is 39.3 Å².